The molecule has 0 saturated carbocycles. The standard InChI is InChI=1S/C15H13N3O2/c16-9-11-5-7-12(8-6-11)18-15(19)10-20-14-4-2-1-3-13(14)17/h1-8H,10,17H2,(H,18,19). The quantitative estimate of drug-likeness (QED) is 0.831. The third kappa shape index (κ3) is 3.50. The number of nitrogens with one attached hydrogen (secondary N) is 1. The van der Waals surface area contributed by atoms with Crippen molar-refractivity contribution in [3.8, 4) is 11.8 Å². The summed E-state index contributed by atoms with van der Waals surface area (Å²) >= 11 is 0. The number of hydrogen-bond acceptors (Lipinski definition) is 4. The van der Waals surface area contributed by atoms with Crippen molar-refractivity contribution in [3.05, 3.63) is 54.1 Å². The van der Waals surface area contributed by atoms with Gasteiger partial charge in [-0.2, -0.15) is 5.26 Å². The highest BCUT2D eigenvalue weighted by Gasteiger charge is 2.05. The lowest BCUT2D eigenvalue weighted by Gasteiger charge is -2.09. The number of anilines is 2. The minimum absolute atomic E-state index is 0.131. The maximum atomic E-state index is 11.7. The Hall–Kier alpha value is -3.00. The van der Waals surface area contributed by atoms with Gasteiger partial charge in [-0.3, -0.25) is 4.79 Å². The van der Waals surface area contributed by atoms with Crippen molar-refractivity contribution in [3.63, 3.8) is 0 Å². The molecule has 5 nitrogen and oxygen atoms in total. The van der Waals surface area contributed by atoms with Crippen LogP contribution in [0.2, 0.25) is 0 Å². The van der Waals surface area contributed by atoms with Gasteiger partial charge in [0, 0.05) is 5.69 Å². The van der Waals surface area contributed by atoms with Gasteiger partial charge in [0.25, 0.3) is 5.91 Å². The minimum atomic E-state index is -0.294. The van der Waals surface area contributed by atoms with E-state index in [0.717, 1.165) is 0 Å². The molecule has 100 valence electrons. The Labute approximate surface area is 116 Å². The van der Waals surface area contributed by atoms with Gasteiger partial charge in [-0.25, -0.2) is 0 Å². The van der Waals surface area contributed by atoms with Gasteiger partial charge in [-0.15, -0.1) is 0 Å². The van der Waals surface area contributed by atoms with E-state index in [4.69, 9.17) is 15.7 Å². The smallest absolute Gasteiger partial charge is 0.262 e. The number of rotatable bonds is 4. The number of ether oxygens (including phenoxy) is 1. The molecule has 20 heavy (non-hydrogen) atoms. The van der Waals surface area contributed by atoms with Crippen molar-refractivity contribution in [1.82, 2.24) is 0 Å². The summed E-state index contributed by atoms with van der Waals surface area (Å²) in [6.45, 7) is -0.131. The summed E-state index contributed by atoms with van der Waals surface area (Å²) in [6.07, 6.45) is 0. The molecule has 0 bridgehead atoms. The molecule has 0 fully saturated rings. The van der Waals surface area contributed by atoms with Crippen molar-refractivity contribution < 1.29 is 9.53 Å². The topological polar surface area (TPSA) is 88.1 Å². The maximum Gasteiger partial charge on any atom is 0.262 e. The fraction of sp³-hybridized carbons (Fsp3) is 0.0667. The second kappa shape index (κ2) is 6.25. The molecule has 1 amide bonds. The number of para-hydroxylation sites is 2. The van der Waals surface area contributed by atoms with Gasteiger partial charge < -0.3 is 15.8 Å². The van der Waals surface area contributed by atoms with Crippen LogP contribution < -0.4 is 15.8 Å². The average molecular weight is 267 g/mol. The van der Waals surface area contributed by atoms with Crippen LogP contribution in [-0.2, 0) is 4.79 Å². The molecule has 0 aliphatic carbocycles. The summed E-state index contributed by atoms with van der Waals surface area (Å²) in [7, 11) is 0. The fourth-order valence-corrected chi connectivity index (χ4v) is 1.58. The number of carbonyl (C=O) groups excluding carboxylic acids is 1. The van der Waals surface area contributed by atoms with E-state index in [0.29, 0.717) is 22.7 Å². The molecule has 0 unspecified atom stereocenters. The molecule has 5 heteroatoms. The van der Waals surface area contributed by atoms with E-state index in [1.807, 2.05) is 6.07 Å². The van der Waals surface area contributed by atoms with Crippen LogP contribution >= 0.6 is 0 Å². The van der Waals surface area contributed by atoms with Crippen LogP contribution in [0.15, 0.2) is 48.5 Å². The maximum absolute atomic E-state index is 11.7. The van der Waals surface area contributed by atoms with Crippen molar-refractivity contribution >= 4 is 17.3 Å². The van der Waals surface area contributed by atoms with Crippen LogP contribution in [0.5, 0.6) is 5.75 Å². The molecule has 0 radical (unpaired) electrons. The van der Waals surface area contributed by atoms with Gasteiger partial charge in [0.05, 0.1) is 17.3 Å². The SMILES string of the molecule is N#Cc1ccc(NC(=O)COc2ccccc2N)cc1. The van der Waals surface area contributed by atoms with Gasteiger partial charge >= 0.3 is 0 Å². The van der Waals surface area contributed by atoms with Crippen LogP contribution in [-0.4, -0.2) is 12.5 Å². The highest BCUT2D eigenvalue weighted by atomic mass is 16.5. The number of nitriles is 1. The second-order valence-corrected chi connectivity index (χ2v) is 4.06. The van der Waals surface area contributed by atoms with Gasteiger partial charge in [0.2, 0.25) is 0 Å². The molecule has 0 aliphatic heterocycles. The van der Waals surface area contributed by atoms with Crippen molar-refractivity contribution in [2.24, 2.45) is 0 Å². The Morgan fingerprint density at radius 2 is 1.90 bits per heavy atom. The van der Waals surface area contributed by atoms with Gasteiger partial charge in [-0.1, -0.05) is 12.1 Å². The van der Waals surface area contributed by atoms with E-state index in [2.05, 4.69) is 5.32 Å². The van der Waals surface area contributed by atoms with Crippen LogP contribution in [0, 0.1) is 11.3 Å². The molecule has 0 aliphatic rings. The van der Waals surface area contributed by atoms with E-state index in [1.165, 1.54) is 0 Å². The number of nitrogens with zero attached hydrogens (tertiary/aromatic N) is 1. The first-order chi connectivity index (χ1) is 9.69. The second-order valence-electron chi connectivity index (χ2n) is 4.06. The van der Waals surface area contributed by atoms with E-state index < -0.39 is 0 Å². The first kappa shape index (κ1) is 13.4. The lowest BCUT2D eigenvalue weighted by molar-refractivity contribution is -0.118. The Kier molecular flexibility index (Phi) is 4.20. The fourth-order valence-electron chi connectivity index (χ4n) is 1.58. The predicted molar refractivity (Wildman–Crippen MR) is 76.1 cm³/mol. The minimum Gasteiger partial charge on any atom is -0.482 e. The number of carbonyl (C=O) groups is 1. The molecule has 0 saturated heterocycles. The molecular weight excluding hydrogens is 254 g/mol. The van der Waals surface area contributed by atoms with E-state index in [9.17, 15) is 4.79 Å². The zero-order valence-corrected chi connectivity index (χ0v) is 10.7. The lowest BCUT2D eigenvalue weighted by Crippen LogP contribution is -2.20. The van der Waals surface area contributed by atoms with Crippen LogP contribution in [0.1, 0.15) is 5.56 Å². The number of nitrogens with two attached hydrogens (primary N) is 1. The molecule has 2 rings (SSSR count). The molecule has 0 heterocycles. The van der Waals surface area contributed by atoms with Crippen molar-refractivity contribution in [2.45, 2.75) is 0 Å². The van der Waals surface area contributed by atoms with E-state index in [1.54, 1.807) is 48.5 Å². The highest BCUT2D eigenvalue weighted by molar-refractivity contribution is 5.92. The monoisotopic (exact) mass is 267 g/mol. The molecule has 0 spiro atoms. The first-order valence-corrected chi connectivity index (χ1v) is 5.96. The molecular formula is C15H13N3O2. The number of amides is 1. The Morgan fingerprint density at radius 3 is 2.55 bits per heavy atom. The van der Waals surface area contributed by atoms with Gasteiger partial charge in [0.1, 0.15) is 5.75 Å². The zero-order chi connectivity index (χ0) is 14.4. The predicted octanol–water partition coefficient (Wildman–Crippen LogP) is 2.16. The summed E-state index contributed by atoms with van der Waals surface area (Å²) in [5.74, 6) is 0.181. The van der Waals surface area contributed by atoms with Gasteiger partial charge in [0.15, 0.2) is 6.61 Å². The summed E-state index contributed by atoms with van der Waals surface area (Å²) in [4.78, 5) is 11.7. The summed E-state index contributed by atoms with van der Waals surface area (Å²) in [5.41, 5.74) is 7.34. The Bertz CT molecular complexity index is 645. The van der Waals surface area contributed by atoms with E-state index in [-0.39, 0.29) is 12.5 Å². The normalized spacial score (nSPS) is 9.55. The average Bonchev–Trinajstić information content (AvgIpc) is 2.47. The van der Waals surface area contributed by atoms with Crippen molar-refractivity contribution in [1.29, 1.82) is 5.26 Å². The summed E-state index contributed by atoms with van der Waals surface area (Å²) in [6, 6.07) is 15.6. The third-order valence-electron chi connectivity index (χ3n) is 2.58. The Balaban J connectivity index is 1.89. The zero-order valence-electron chi connectivity index (χ0n) is 10.7. The molecule has 3 N–H and O–H groups in total. The first-order valence-electron chi connectivity index (χ1n) is 5.96. The highest BCUT2D eigenvalue weighted by Crippen LogP contribution is 2.19. The van der Waals surface area contributed by atoms with Gasteiger partial charge in [-0.05, 0) is 36.4 Å². The van der Waals surface area contributed by atoms with Crippen LogP contribution in [0.25, 0.3) is 0 Å². The molecule has 0 atom stereocenters. The third-order valence-corrected chi connectivity index (χ3v) is 2.58. The number of hydrogen-bond donors (Lipinski definition) is 2. The summed E-state index contributed by atoms with van der Waals surface area (Å²) in [5, 5.41) is 11.3. The van der Waals surface area contributed by atoms with Crippen molar-refractivity contribution in [2.75, 3.05) is 17.7 Å². The number of nitrogen functional groups attached to an aromatic ring is 1. The summed E-state index contributed by atoms with van der Waals surface area (Å²) < 4.78 is 5.33. The number of benzene rings is 2. The van der Waals surface area contributed by atoms with E-state index >= 15 is 0 Å². The lowest BCUT2D eigenvalue weighted by atomic mass is 10.2. The van der Waals surface area contributed by atoms with Crippen LogP contribution in [0.4, 0.5) is 11.4 Å². The largest absolute Gasteiger partial charge is 0.482 e. The molecule has 2 aromatic carbocycles. The molecule has 0 aromatic heterocycles. The molecule has 2 aromatic rings. The Morgan fingerprint density at radius 1 is 1.20 bits per heavy atom. The van der Waals surface area contributed by atoms with Crippen LogP contribution in [0.3, 0.4) is 0 Å².